The number of anilines is 1. The van der Waals surface area contributed by atoms with Gasteiger partial charge < -0.3 is 5.32 Å². The summed E-state index contributed by atoms with van der Waals surface area (Å²) in [5.41, 5.74) is 1.34. The molecule has 36 valence electrons. The van der Waals surface area contributed by atoms with Gasteiger partial charge >= 0.3 is 0 Å². The SMILES string of the molecule is c1cc2c(s1)CN2. The number of rotatable bonds is 0. The Balaban J connectivity index is 2.69. The Morgan fingerprint density at radius 2 is 2.71 bits per heavy atom. The molecule has 2 heterocycles. The lowest BCUT2D eigenvalue weighted by Crippen LogP contribution is -2.08. The fraction of sp³-hybridized carbons (Fsp3) is 0.200. The summed E-state index contributed by atoms with van der Waals surface area (Å²) in [6, 6.07) is 2.11. The van der Waals surface area contributed by atoms with Crippen molar-refractivity contribution < 1.29 is 0 Å². The molecule has 2 rings (SSSR count). The topological polar surface area (TPSA) is 12.0 Å². The molecule has 0 unspecified atom stereocenters. The molecule has 2 heteroatoms. The largest absolute Gasteiger partial charge is 0.379 e. The van der Waals surface area contributed by atoms with Crippen LogP contribution in [0.25, 0.3) is 0 Å². The summed E-state index contributed by atoms with van der Waals surface area (Å²) < 4.78 is 0. The van der Waals surface area contributed by atoms with Crippen LogP contribution < -0.4 is 5.32 Å². The van der Waals surface area contributed by atoms with Gasteiger partial charge in [-0.1, -0.05) is 0 Å². The molecule has 1 nitrogen and oxygen atoms in total. The molecule has 0 spiro atoms. The first-order valence-corrected chi connectivity index (χ1v) is 3.15. The van der Waals surface area contributed by atoms with Crippen LogP contribution in [0.1, 0.15) is 4.88 Å². The molecule has 0 aliphatic carbocycles. The summed E-state index contributed by atoms with van der Waals surface area (Å²) in [5.74, 6) is 0. The van der Waals surface area contributed by atoms with Crippen molar-refractivity contribution >= 4 is 17.0 Å². The van der Waals surface area contributed by atoms with E-state index < -0.39 is 0 Å². The van der Waals surface area contributed by atoms with Crippen LogP contribution in [0.15, 0.2) is 11.4 Å². The molecule has 1 aliphatic rings. The van der Waals surface area contributed by atoms with Crippen LogP contribution in [0.2, 0.25) is 0 Å². The third kappa shape index (κ3) is 0.320. The van der Waals surface area contributed by atoms with E-state index in [1.807, 2.05) is 11.3 Å². The summed E-state index contributed by atoms with van der Waals surface area (Å²) in [4.78, 5) is 1.50. The van der Waals surface area contributed by atoms with Gasteiger partial charge in [-0.25, -0.2) is 0 Å². The first-order chi connectivity index (χ1) is 3.47. The van der Waals surface area contributed by atoms with E-state index in [9.17, 15) is 0 Å². The summed E-state index contributed by atoms with van der Waals surface area (Å²) in [6.45, 7) is 1.09. The lowest BCUT2D eigenvalue weighted by molar-refractivity contribution is 1.10. The second-order valence-corrected chi connectivity index (χ2v) is 2.61. The molecule has 1 N–H and O–H groups in total. The fourth-order valence-electron chi connectivity index (χ4n) is 0.704. The Kier molecular flexibility index (Phi) is 0.504. The highest BCUT2D eigenvalue weighted by Crippen LogP contribution is 2.29. The molecule has 1 aliphatic heterocycles. The highest BCUT2D eigenvalue weighted by atomic mass is 32.1. The zero-order valence-corrected chi connectivity index (χ0v) is 4.59. The Morgan fingerprint density at radius 1 is 1.71 bits per heavy atom. The molecule has 0 saturated carbocycles. The second-order valence-electron chi connectivity index (χ2n) is 1.61. The molecule has 0 fully saturated rings. The molecule has 0 radical (unpaired) electrons. The first kappa shape index (κ1) is 3.50. The molecule has 7 heavy (non-hydrogen) atoms. The van der Waals surface area contributed by atoms with Crippen LogP contribution in [0.3, 0.4) is 0 Å². The number of fused-ring (bicyclic) bond motifs is 1. The van der Waals surface area contributed by atoms with Crippen molar-refractivity contribution in [3.8, 4) is 0 Å². The van der Waals surface area contributed by atoms with Crippen molar-refractivity contribution in [2.75, 3.05) is 5.32 Å². The van der Waals surface area contributed by atoms with Crippen molar-refractivity contribution in [2.45, 2.75) is 6.54 Å². The zero-order valence-electron chi connectivity index (χ0n) is 3.77. The molecular weight excluding hydrogens is 106 g/mol. The van der Waals surface area contributed by atoms with E-state index in [0.29, 0.717) is 0 Å². The van der Waals surface area contributed by atoms with E-state index in [-0.39, 0.29) is 0 Å². The van der Waals surface area contributed by atoms with Gasteiger partial charge in [-0.2, -0.15) is 0 Å². The average molecular weight is 111 g/mol. The van der Waals surface area contributed by atoms with Crippen molar-refractivity contribution in [2.24, 2.45) is 0 Å². The molecule has 1 aromatic heterocycles. The van der Waals surface area contributed by atoms with Gasteiger partial charge in [0.25, 0.3) is 0 Å². The molecular formula is C5H5NS. The minimum Gasteiger partial charge on any atom is -0.379 e. The molecule has 0 saturated heterocycles. The maximum atomic E-state index is 3.18. The van der Waals surface area contributed by atoms with Crippen LogP contribution >= 0.6 is 11.3 Å². The quantitative estimate of drug-likeness (QED) is 0.537. The maximum Gasteiger partial charge on any atom is 0.0515 e. The third-order valence-electron chi connectivity index (χ3n) is 1.18. The highest BCUT2D eigenvalue weighted by molar-refractivity contribution is 7.10. The van der Waals surface area contributed by atoms with Gasteiger partial charge in [0, 0.05) is 4.88 Å². The fourth-order valence-corrected chi connectivity index (χ4v) is 1.49. The van der Waals surface area contributed by atoms with Crippen LogP contribution in [0.4, 0.5) is 5.69 Å². The summed E-state index contributed by atoms with van der Waals surface area (Å²) in [6.07, 6.45) is 0. The Hall–Kier alpha value is -0.500. The minimum absolute atomic E-state index is 1.09. The molecule has 0 amide bonds. The zero-order chi connectivity index (χ0) is 4.69. The third-order valence-corrected chi connectivity index (χ3v) is 2.11. The number of hydrogen-bond acceptors (Lipinski definition) is 2. The van der Waals surface area contributed by atoms with Gasteiger partial charge in [0.1, 0.15) is 0 Å². The van der Waals surface area contributed by atoms with Gasteiger partial charge in [-0.3, -0.25) is 0 Å². The van der Waals surface area contributed by atoms with Crippen molar-refractivity contribution in [3.63, 3.8) is 0 Å². The average Bonchev–Trinajstić information content (AvgIpc) is 1.85. The molecule has 1 aromatic rings. The van der Waals surface area contributed by atoms with E-state index in [4.69, 9.17) is 0 Å². The number of thiophene rings is 1. The van der Waals surface area contributed by atoms with Gasteiger partial charge in [-0.05, 0) is 11.4 Å². The van der Waals surface area contributed by atoms with E-state index >= 15 is 0 Å². The Bertz CT molecular complexity index is 161. The van der Waals surface area contributed by atoms with Gasteiger partial charge in [0.15, 0.2) is 0 Å². The van der Waals surface area contributed by atoms with Crippen molar-refractivity contribution in [1.82, 2.24) is 0 Å². The van der Waals surface area contributed by atoms with E-state index in [0.717, 1.165) is 6.54 Å². The minimum atomic E-state index is 1.09. The predicted molar refractivity (Wildman–Crippen MR) is 31.6 cm³/mol. The van der Waals surface area contributed by atoms with E-state index in [2.05, 4.69) is 16.8 Å². The van der Waals surface area contributed by atoms with Crippen LogP contribution in [-0.4, -0.2) is 0 Å². The van der Waals surface area contributed by atoms with Gasteiger partial charge in [0.2, 0.25) is 0 Å². The smallest absolute Gasteiger partial charge is 0.0515 e. The molecule has 0 aromatic carbocycles. The lowest BCUT2D eigenvalue weighted by atomic mass is 10.3. The highest BCUT2D eigenvalue weighted by Gasteiger charge is 2.10. The maximum absolute atomic E-state index is 3.18. The second kappa shape index (κ2) is 1.01. The predicted octanol–water partition coefficient (Wildman–Crippen LogP) is 1.67. The standard InChI is InChI=1S/C5H5NS/c1-2-7-5-3-6-4(1)5/h1-2,6H,3H2. The van der Waals surface area contributed by atoms with Crippen LogP contribution in [0.5, 0.6) is 0 Å². The van der Waals surface area contributed by atoms with Crippen LogP contribution in [-0.2, 0) is 6.54 Å². The molecule has 0 atom stereocenters. The monoisotopic (exact) mass is 111 g/mol. The van der Waals surface area contributed by atoms with Crippen molar-refractivity contribution in [3.05, 3.63) is 16.3 Å². The normalized spacial score (nSPS) is 14.3. The molecule has 0 bridgehead atoms. The van der Waals surface area contributed by atoms with Gasteiger partial charge in [0.05, 0.1) is 12.2 Å². The summed E-state index contributed by atoms with van der Waals surface area (Å²) >= 11 is 1.83. The van der Waals surface area contributed by atoms with Gasteiger partial charge in [-0.15, -0.1) is 11.3 Å². The summed E-state index contributed by atoms with van der Waals surface area (Å²) in [5, 5.41) is 5.30. The lowest BCUT2D eigenvalue weighted by Gasteiger charge is -2.14. The first-order valence-electron chi connectivity index (χ1n) is 2.27. The van der Waals surface area contributed by atoms with Crippen LogP contribution in [0, 0.1) is 0 Å². The van der Waals surface area contributed by atoms with Crippen molar-refractivity contribution in [1.29, 1.82) is 0 Å². The van der Waals surface area contributed by atoms with E-state index in [1.165, 1.54) is 10.6 Å². The Labute approximate surface area is 46.0 Å². The number of hydrogen-bond donors (Lipinski definition) is 1. The van der Waals surface area contributed by atoms with E-state index in [1.54, 1.807) is 0 Å². The number of nitrogens with one attached hydrogen (secondary N) is 1. The Morgan fingerprint density at radius 3 is 3.00 bits per heavy atom. The summed E-state index contributed by atoms with van der Waals surface area (Å²) in [7, 11) is 0.